The summed E-state index contributed by atoms with van der Waals surface area (Å²) < 4.78 is 1.46. The van der Waals surface area contributed by atoms with Crippen LogP contribution < -0.4 is 5.32 Å². The highest BCUT2D eigenvalue weighted by Gasteiger charge is 2.42. The summed E-state index contributed by atoms with van der Waals surface area (Å²) in [6.07, 6.45) is 5.11. The molecule has 0 aliphatic heterocycles. The molecule has 8 heteroatoms. The molecular formula is C19H23N5O3. The third-order valence-corrected chi connectivity index (χ3v) is 6.19. The number of nitro groups is 1. The van der Waals surface area contributed by atoms with Gasteiger partial charge in [-0.1, -0.05) is 17.7 Å². The van der Waals surface area contributed by atoms with Crippen molar-refractivity contribution in [3.8, 4) is 5.69 Å². The van der Waals surface area contributed by atoms with Crippen LogP contribution in [0.25, 0.3) is 5.69 Å². The van der Waals surface area contributed by atoms with Crippen LogP contribution in [0.3, 0.4) is 0 Å². The van der Waals surface area contributed by atoms with E-state index in [2.05, 4.69) is 22.6 Å². The fourth-order valence-electron chi connectivity index (χ4n) is 4.81. The molecule has 4 atom stereocenters. The number of hydrogen-bond donors (Lipinski definition) is 1. The van der Waals surface area contributed by atoms with E-state index in [9.17, 15) is 14.9 Å². The summed E-state index contributed by atoms with van der Waals surface area (Å²) in [5.41, 5.74) is 1.30. The SMILES string of the molecule is Cc1c(C(=O)NC(C)C2CC3CCC2C3)nnn1-c1cccc([N+](=O)[O-])c1. The maximum Gasteiger partial charge on any atom is 0.273 e. The van der Waals surface area contributed by atoms with E-state index in [-0.39, 0.29) is 23.3 Å². The first kappa shape index (κ1) is 17.6. The van der Waals surface area contributed by atoms with Gasteiger partial charge in [0.25, 0.3) is 11.6 Å². The molecule has 0 radical (unpaired) electrons. The zero-order valence-electron chi connectivity index (χ0n) is 15.5. The molecule has 0 saturated heterocycles. The standard InChI is InChI=1S/C19H23N5O3/c1-11(17-9-13-6-7-14(17)8-13)20-19(25)18-12(2)23(22-21-18)15-4-3-5-16(10-15)24(26)27/h3-5,10-11,13-14,17H,6-9H2,1-2H3,(H,20,25). The molecule has 2 bridgehead atoms. The first-order valence-corrected chi connectivity index (χ1v) is 9.42. The molecule has 2 fully saturated rings. The Bertz CT molecular complexity index is 893. The Balaban J connectivity index is 1.51. The molecule has 0 spiro atoms. The van der Waals surface area contributed by atoms with E-state index < -0.39 is 4.92 Å². The van der Waals surface area contributed by atoms with Crippen LogP contribution in [0.5, 0.6) is 0 Å². The summed E-state index contributed by atoms with van der Waals surface area (Å²) in [6, 6.07) is 6.23. The average molecular weight is 369 g/mol. The van der Waals surface area contributed by atoms with Gasteiger partial charge in [-0.3, -0.25) is 14.9 Å². The van der Waals surface area contributed by atoms with Crippen LogP contribution in [0.15, 0.2) is 24.3 Å². The predicted molar refractivity (Wildman–Crippen MR) is 98.6 cm³/mol. The van der Waals surface area contributed by atoms with Gasteiger partial charge < -0.3 is 5.32 Å². The number of amides is 1. The molecule has 4 unspecified atom stereocenters. The Labute approximate surface area is 157 Å². The highest BCUT2D eigenvalue weighted by molar-refractivity contribution is 5.93. The highest BCUT2D eigenvalue weighted by atomic mass is 16.6. The minimum Gasteiger partial charge on any atom is -0.348 e. The summed E-state index contributed by atoms with van der Waals surface area (Å²) >= 11 is 0. The number of nitrogens with one attached hydrogen (secondary N) is 1. The van der Waals surface area contributed by atoms with Crippen LogP contribution in [-0.2, 0) is 0 Å². The van der Waals surface area contributed by atoms with Gasteiger partial charge >= 0.3 is 0 Å². The fourth-order valence-corrected chi connectivity index (χ4v) is 4.81. The van der Waals surface area contributed by atoms with Gasteiger partial charge in [0.05, 0.1) is 16.3 Å². The van der Waals surface area contributed by atoms with Crippen molar-refractivity contribution >= 4 is 11.6 Å². The molecule has 4 rings (SSSR count). The Hall–Kier alpha value is -2.77. The van der Waals surface area contributed by atoms with Crippen molar-refractivity contribution in [2.45, 2.75) is 45.6 Å². The van der Waals surface area contributed by atoms with Gasteiger partial charge in [-0.2, -0.15) is 0 Å². The zero-order chi connectivity index (χ0) is 19.1. The molecule has 2 aliphatic carbocycles. The lowest BCUT2D eigenvalue weighted by atomic mass is 9.84. The van der Waals surface area contributed by atoms with E-state index in [4.69, 9.17) is 0 Å². The second-order valence-corrected chi connectivity index (χ2v) is 7.81. The smallest absolute Gasteiger partial charge is 0.273 e. The topological polar surface area (TPSA) is 103 Å². The van der Waals surface area contributed by atoms with Gasteiger partial charge in [-0.05, 0) is 56.9 Å². The Kier molecular flexibility index (Phi) is 4.41. The molecule has 1 heterocycles. The first-order chi connectivity index (χ1) is 12.9. The van der Waals surface area contributed by atoms with Gasteiger partial charge in [0.2, 0.25) is 0 Å². The number of carbonyl (C=O) groups is 1. The number of benzene rings is 1. The lowest BCUT2D eigenvalue weighted by molar-refractivity contribution is -0.384. The summed E-state index contributed by atoms with van der Waals surface area (Å²) in [6.45, 7) is 3.82. The Morgan fingerprint density at radius 2 is 2.19 bits per heavy atom. The molecule has 8 nitrogen and oxygen atoms in total. The zero-order valence-corrected chi connectivity index (χ0v) is 15.5. The molecule has 2 aliphatic rings. The summed E-state index contributed by atoms with van der Waals surface area (Å²) in [7, 11) is 0. The number of fused-ring (bicyclic) bond motifs is 2. The fraction of sp³-hybridized carbons (Fsp3) is 0.526. The molecule has 142 valence electrons. The molecule has 2 saturated carbocycles. The van der Waals surface area contributed by atoms with Crippen LogP contribution in [0, 0.1) is 34.8 Å². The van der Waals surface area contributed by atoms with Crippen molar-refractivity contribution < 1.29 is 9.72 Å². The molecule has 1 aromatic carbocycles. The number of carbonyl (C=O) groups excluding carboxylic acids is 1. The highest BCUT2D eigenvalue weighted by Crippen LogP contribution is 2.49. The molecular weight excluding hydrogens is 346 g/mol. The third-order valence-electron chi connectivity index (χ3n) is 6.19. The Morgan fingerprint density at radius 1 is 1.37 bits per heavy atom. The number of non-ortho nitro benzene ring substituents is 1. The predicted octanol–water partition coefficient (Wildman–Crippen LogP) is 3.04. The number of nitro benzene ring substituents is 1. The number of aromatic nitrogens is 3. The van der Waals surface area contributed by atoms with Crippen LogP contribution in [-0.4, -0.2) is 31.9 Å². The van der Waals surface area contributed by atoms with E-state index >= 15 is 0 Å². The van der Waals surface area contributed by atoms with Gasteiger partial charge in [-0.25, -0.2) is 4.68 Å². The van der Waals surface area contributed by atoms with Crippen molar-refractivity contribution in [1.29, 1.82) is 0 Å². The lowest BCUT2D eigenvalue weighted by Crippen LogP contribution is -2.40. The minimum absolute atomic E-state index is 0.0293. The van der Waals surface area contributed by atoms with Crippen molar-refractivity contribution in [1.82, 2.24) is 20.3 Å². The molecule has 27 heavy (non-hydrogen) atoms. The molecule has 1 amide bonds. The number of rotatable bonds is 5. The van der Waals surface area contributed by atoms with Crippen LogP contribution in [0.2, 0.25) is 0 Å². The van der Waals surface area contributed by atoms with E-state index in [1.807, 2.05) is 0 Å². The molecule has 1 N–H and O–H groups in total. The van der Waals surface area contributed by atoms with E-state index in [0.717, 1.165) is 11.8 Å². The van der Waals surface area contributed by atoms with Crippen molar-refractivity contribution in [3.05, 3.63) is 45.8 Å². The third kappa shape index (κ3) is 3.20. The van der Waals surface area contributed by atoms with E-state index in [0.29, 0.717) is 17.3 Å². The van der Waals surface area contributed by atoms with Crippen LogP contribution in [0.1, 0.15) is 48.8 Å². The first-order valence-electron chi connectivity index (χ1n) is 9.42. The monoisotopic (exact) mass is 369 g/mol. The van der Waals surface area contributed by atoms with Crippen molar-refractivity contribution in [2.75, 3.05) is 0 Å². The maximum atomic E-state index is 12.7. The van der Waals surface area contributed by atoms with Crippen molar-refractivity contribution in [2.24, 2.45) is 17.8 Å². The van der Waals surface area contributed by atoms with Gasteiger partial charge in [0, 0.05) is 18.2 Å². The van der Waals surface area contributed by atoms with Gasteiger partial charge in [-0.15, -0.1) is 5.10 Å². The maximum absolute atomic E-state index is 12.7. The van der Waals surface area contributed by atoms with Crippen LogP contribution >= 0.6 is 0 Å². The number of hydrogen-bond acceptors (Lipinski definition) is 5. The molecule has 1 aromatic heterocycles. The lowest BCUT2D eigenvalue weighted by Gasteiger charge is -2.28. The van der Waals surface area contributed by atoms with Gasteiger partial charge in [0.1, 0.15) is 0 Å². The summed E-state index contributed by atoms with van der Waals surface area (Å²) in [4.78, 5) is 23.2. The number of nitrogens with zero attached hydrogens (tertiary/aromatic N) is 4. The minimum atomic E-state index is -0.458. The summed E-state index contributed by atoms with van der Waals surface area (Å²) in [5, 5.41) is 22.1. The largest absolute Gasteiger partial charge is 0.348 e. The van der Waals surface area contributed by atoms with E-state index in [1.165, 1.54) is 42.5 Å². The average Bonchev–Trinajstić information content (AvgIpc) is 3.37. The van der Waals surface area contributed by atoms with Crippen LogP contribution in [0.4, 0.5) is 5.69 Å². The second kappa shape index (κ2) is 6.75. The van der Waals surface area contributed by atoms with Crippen molar-refractivity contribution in [3.63, 3.8) is 0 Å². The quantitative estimate of drug-likeness (QED) is 0.644. The Morgan fingerprint density at radius 3 is 2.85 bits per heavy atom. The normalized spacial score (nSPS) is 24.7. The van der Waals surface area contributed by atoms with E-state index in [1.54, 1.807) is 19.1 Å². The summed E-state index contributed by atoms with van der Waals surface area (Å²) in [5.74, 6) is 1.86. The second-order valence-electron chi connectivity index (χ2n) is 7.81. The molecule has 2 aromatic rings. The van der Waals surface area contributed by atoms with Gasteiger partial charge in [0.15, 0.2) is 5.69 Å².